The van der Waals surface area contributed by atoms with E-state index in [1.54, 1.807) is 17.8 Å². The molecule has 1 rings (SSSR count). The van der Waals surface area contributed by atoms with Crippen LogP contribution < -0.4 is 5.32 Å². The van der Waals surface area contributed by atoms with Crippen LogP contribution in [0.1, 0.15) is 6.92 Å². The minimum absolute atomic E-state index is 0. The summed E-state index contributed by atoms with van der Waals surface area (Å²) in [6.45, 7) is 4.69. The fourth-order valence-electron chi connectivity index (χ4n) is 1.39. The van der Waals surface area contributed by atoms with Crippen molar-refractivity contribution in [1.29, 1.82) is 0 Å². The van der Waals surface area contributed by atoms with Crippen LogP contribution in [0, 0.1) is 0 Å². The maximum Gasteiger partial charge on any atom is 0.247 e. The van der Waals surface area contributed by atoms with Gasteiger partial charge in [0.05, 0.1) is 0 Å². The molecule has 0 aromatic rings. The lowest BCUT2D eigenvalue weighted by atomic mass is 10.2. The maximum atomic E-state index is 11.6. The third kappa shape index (κ3) is 3.90. The van der Waals surface area contributed by atoms with Gasteiger partial charge in [-0.25, -0.2) is 0 Å². The highest BCUT2D eigenvalue weighted by Gasteiger charge is 2.20. The average molecular weight is 237 g/mol. The zero-order valence-electron chi connectivity index (χ0n) is 8.53. The van der Waals surface area contributed by atoms with Gasteiger partial charge in [-0.2, -0.15) is 0 Å². The Kier molecular flexibility index (Phi) is 7.05. The Balaban J connectivity index is 0.00000169. The Morgan fingerprint density at radius 1 is 1.64 bits per heavy atom. The van der Waals surface area contributed by atoms with Crippen molar-refractivity contribution < 1.29 is 4.79 Å². The van der Waals surface area contributed by atoms with E-state index in [0.717, 1.165) is 19.6 Å². The minimum atomic E-state index is 0. The third-order valence-corrected chi connectivity index (χ3v) is 2.54. The summed E-state index contributed by atoms with van der Waals surface area (Å²) in [5, 5.41) is 5.08. The smallest absolute Gasteiger partial charge is 0.247 e. The number of piperazine rings is 1. The number of hydrogen-bond acceptors (Lipinski definition) is 3. The first-order chi connectivity index (χ1) is 6.25. The molecule has 0 aromatic carbocycles. The lowest BCUT2D eigenvalue weighted by Gasteiger charge is -2.33. The fraction of sp³-hybridized carbons (Fsp3) is 0.667. The summed E-state index contributed by atoms with van der Waals surface area (Å²) in [4.78, 5) is 13.5. The molecular weight excluding hydrogens is 220 g/mol. The van der Waals surface area contributed by atoms with Crippen LogP contribution in [0.25, 0.3) is 0 Å². The van der Waals surface area contributed by atoms with E-state index in [4.69, 9.17) is 0 Å². The first-order valence-electron chi connectivity index (χ1n) is 4.46. The molecule has 0 bridgehead atoms. The van der Waals surface area contributed by atoms with E-state index in [2.05, 4.69) is 12.2 Å². The summed E-state index contributed by atoms with van der Waals surface area (Å²) < 4.78 is 0. The molecule has 0 aliphatic carbocycles. The number of thioether (sulfide) groups is 1. The van der Waals surface area contributed by atoms with E-state index in [9.17, 15) is 4.79 Å². The largest absolute Gasteiger partial charge is 0.334 e. The summed E-state index contributed by atoms with van der Waals surface area (Å²) in [5.74, 6) is 0.128. The zero-order chi connectivity index (χ0) is 9.68. The molecule has 1 N–H and O–H groups in total. The van der Waals surface area contributed by atoms with E-state index in [1.165, 1.54) is 0 Å². The van der Waals surface area contributed by atoms with Gasteiger partial charge in [-0.15, -0.1) is 24.2 Å². The van der Waals surface area contributed by atoms with Gasteiger partial charge < -0.3 is 10.2 Å². The molecule has 0 saturated carbocycles. The number of halogens is 1. The molecular formula is C9H17ClN2OS. The van der Waals surface area contributed by atoms with E-state index < -0.39 is 0 Å². The molecule has 1 atom stereocenters. The quantitative estimate of drug-likeness (QED) is 0.729. The van der Waals surface area contributed by atoms with Gasteiger partial charge >= 0.3 is 0 Å². The molecule has 1 saturated heterocycles. The molecule has 1 aliphatic rings. The van der Waals surface area contributed by atoms with Crippen LogP contribution in [0.3, 0.4) is 0 Å². The third-order valence-electron chi connectivity index (χ3n) is 2.13. The van der Waals surface area contributed by atoms with Gasteiger partial charge in [0.15, 0.2) is 0 Å². The van der Waals surface area contributed by atoms with Gasteiger partial charge in [-0.05, 0) is 18.6 Å². The van der Waals surface area contributed by atoms with Gasteiger partial charge in [-0.3, -0.25) is 4.79 Å². The van der Waals surface area contributed by atoms with Crippen molar-refractivity contribution in [2.75, 3.05) is 25.9 Å². The van der Waals surface area contributed by atoms with Crippen LogP contribution in [0.2, 0.25) is 0 Å². The monoisotopic (exact) mass is 236 g/mol. The van der Waals surface area contributed by atoms with E-state index in [1.807, 2.05) is 16.6 Å². The van der Waals surface area contributed by atoms with E-state index >= 15 is 0 Å². The number of nitrogens with one attached hydrogen (secondary N) is 1. The van der Waals surface area contributed by atoms with Crippen molar-refractivity contribution in [1.82, 2.24) is 10.2 Å². The number of carbonyl (C=O) groups excluding carboxylic acids is 1. The Hall–Kier alpha value is -0.190. The molecule has 0 aromatic heterocycles. The second kappa shape index (κ2) is 7.15. The van der Waals surface area contributed by atoms with Crippen LogP contribution in [0.15, 0.2) is 11.5 Å². The van der Waals surface area contributed by atoms with Gasteiger partial charge in [-0.1, -0.05) is 0 Å². The molecule has 5 heteroatoms. The summed E-state index contributed by atoms with van der Waals surface area (Å²) >= 11 is 1.55. The number of rotatable bonds is 2. The van der Waals surface area contributed by atoms with Crippen LogP contribution >= 0.6 is 24.2 Å². The molecule has 1 fully saturated rings. The Morgan fingerprint density at radius 3 is 2.93 bits per heavy atom. The molecule has 14 heavy (non-hydrogen) atoms. The van der Waals surface area contributed by atoms with Gasteiger partial charge in [0.2, 0.25) is 5.91 Å². The van der Waals surface area contributed by atoms with Crippen LogP contribution in [-0.2, 0) is 4.79 Å². The molecule has 0 radical (unpaired) electrons. The molecule has 1 heterocycles. The van der Waals surface area contributed by atoms with Crippen LogP contribution in [0.4, 0.5) is 0 Å². The standard InChI is InChI=1S/C9H16N2OS.ClH/c1-8-7-10-4-5-11(8)9(12)3-6-13-2;/h3,6,8,10H,4-5,7H2,1-2H3;1H/b6-3+;/t8-;/m1./s1. The van der Waals surface area contributed by atoms with Crippen molar-refractivity contribution in [3.05, 3.63) is 11.5 Å². The summed E-state index contributed by atoms with van der Waals surface area (Å²) in [7, 11) is 0. The Bertz CT molecular complexity index is 211. The molecule has 3 nitrogen and oxygen atoms in total. The topological polar surface area (TPSA) is 32.3 Å². The highest BCUT2D eigenvalue weighted by Crippen LogP contribution is 2.04. The molecule has 0 unspecified atom stereocenters. The summed E-state index contributed by atoms with van der Waals surface area (Å²) in [6, 6.07) is 0.313. The van der Waals surface area contributed by atoms with Gasteiger partial charge in [0, 0.05) is 31.8 Å². The molecule has 0 spiro atoms. The summed E-state index contributed by atoms with van der Waals surface area (Å²) in [6.07, 6.45) is 3.59. The number of nitrogens with zero attached hydrogens (tertiary/aromatic N) is 1. The fourth-order valence-corrected chi connectivity index (χ4v) is 1.64. The SMILES string of the molecule is CS/C=C/C(=O)N1CCNC[C@H]1C.Cl. The zero-order valence-corrected chi connectivity index (χ0v) is 10.2. The van der Waals surface area contributed by atoms with Crippen molar-refractivity contribution >= 4 is 30.1 Å². The summed E-state index contributed by atoms with van der Waals surface area (Å²) in [5.41, 5.74) is 0. The highest BCUT2D eigenvalue weighted by atomic mass is 35.5. The minimum Gasteiger partial charge on any atom is -0.334 e. The second-order valence-corrected chi connectivity index (χ2v) is 3.87. The predicted molar refractivity (Wildman–Crippen MR) is 63.9 cm³/mol. The van der Waals surface area contributed by atoms with Crippen LogP contribution in [-0.4, -0.2) is 42.7 Å². The average Bonchev–Trinajstić information content (AvgIpc) is 2.15. The normalized spacial score (nSPS) is 22.1. The van der Waals surface area contributed by atoms with Crippen molar-refractivity contribution in [3.63, 3.8) is 0 Å². The molecule has 1 aliphatic heterocycles. The Labute approximate surface area is 95.7 Å². The van der Waals surface area contributed by atoms with Crippen molar-refractivity contribution in [2.24, 2.45) is 0 Å². The number of amides is 1. The lowest BCUT2D eigenvalue weighted by molar-refractivity contribution is -0.128. The molecule has 1 amide bonds. The number of hydrogen-bond donors (Lipinski definition) is 1. The van der Waals surface area contributed by atoms with E-state index in [0.29, 0.717) is 6.04 Å². The van der Waals surface area contributed by atoms with Crippen molar-refractivity contribution in [3.8, 4) is 0 Å². The first kappa shape index (κ1) is 13.8. The van der Waals surface area contributed by atoms with Crippen molar-refractivity contribution in [2.45, 2.75) is 13.0 Å². The van der Waals surface area contributed by atoms with E-state index in [-0.39, 0.29) is 18.3 Å². The second-order valence-electron chi connectivity index (χ2n) is 3.12. The van der Waals surface area contributed by atoms with Crippen LogP contribution in [0.5, 0.6) is 0 Å². The van der Waals surface area contributed by atoms with Gasteiger partial charge in [0.25, 0.3) is 0 Å². The molecule has 82 valence electrons. The number of carbonyl (C=O) groups is 1. The first-order valence-corrected chi connectivity index (χ1v) is 5.75. The Morgan fingerprint density at radius 2 is 2.36 bits per heavy atom. The maximum absolute atomic E-state index is 11.6. The lowest BCUT2D eigenvalue weighted by Crippen LogP contribution is -2.51. The predicted octanol–water partition coefficient (Wildman–Crippen LogP) is 1.11. The van der Waals surface area contributed by atoms with Gasteiger partial charge in [0.1, 0.15) is 0 Å². The highest BCUT2D eigenvalue weighted by molar-refractivity contribution is 8.01.